The third-order valence-electron chi connectivity index (χ3n) is 7.71. The summed E-state index contributed by atoms with van der Waals surface area (Å²) >= 11 is 0. The van der Waals surface area contributed by atoms with Crippen LogP contribution in [0.2, 0.25) is 0 Å². The number of amides is 1. The van der Waals surface area contributed by atoms with E-state index in [1.165, 1.54) is 18.2 Å². The number of carbonyl (C=O) groups is 3. The van der Waals surface area contributed by atoms with Gasteiger partial charge in [0, 0.05) is 36.0 Å². The number of ether oxygens (including phenoxy) is 3. The quantitative estimate of drug-likeness (QED) is 0.351. The summed E-state index contributed by atoms with van der Waals surface area (Å²) in [4.78, 5) is 38.8. The number of hydrogen-bond donors (Lipinski definition) is 3. The van der Waals surface area contributed by atoms with Crippen molar-refractivity contribution < 1.29 is 38.8 Å². The topological polar surface area (TPSA) is 131 Å². The van der Waals surface area contributed by atoms with E-state index in [9.17, 15) is 24.6 Å². The van der Waals surface area contributed by atoms with Gasteiger partial charge in [-0.3, -0.25) is 9.59 Å². The van der Waals surface area contributed by atoms with Gasteiger partial charge in [-0.1, -0.05) is 37.6 Å². The molecule has 3 N–H and O–H groups in total. The molecule has 3 bridgehead atoms. The second kappa shape index (κ2) is 12.0. The Morgan fingerprint density at radius 1 is 1.23 bits per heavy atom. The maximum Gasteiger partial charge on any atom is 0.334 e. The number of Topliss-reactive ketones (excluding diaryl/α,β-unsaturated/α-hetero) is 1. The molecule has 6 atom stereocenters. The van der Waals surface area contributed by atoms with Gasteiger partial charge in [0.15, 0.2) is 5.75 Å². The zero-order valence-electron chi connectivity index (χ0n) is 23.7. The number of fused-ring (bicyclic) bond motifs is 2. The van der Waals surface area contributed by atoms with E-state index >= 15 is 0 Å². The maximum absolute atomic E-state index is 13.1. The van der Waals surface area contributed by atoms with E-state index in [1.807, 2.05) is 26.8 Å². The lowest BCUT2D eigenvalue weighted by Gasteiger charge is -2.48. The van der Waals surface area contributed by atoms with E-state index < -0.39 is 41.9 Å². The van der Waals surface area contributed by atoms with Crippen LogP contribution in [0.3, 0.4) is 0 Å². The van der Waals surface area contributed by atoms with Gasteiger partial charge >= 0.3 is 5.97 Å². The Balaban J connectivity index is 1.76. The third kappa shape index (κ3) is 6.47. The van der Waals surface area contributed by atoms with Crippen molar-refractivity contribution >= 4 is 23.3 Å². The molecule has 3 aliphatic rings. The van der Waals surface area contributed by atoms with Gasteiger partial charge in [-0.25, -0.2) is 4.79 Å². The number of carbonyl (C=O) groups excluding carboxylic acids is 3. The van der Waals surface area contributed by atoms with Crippen LogP contribution in [-0.4, -0.2) is 45.9 Å². The van der Waals surface area contributed by atoms with Gasteiger partial charge in [0.05, 0.1) is 12.1 Å². The summed E-state index contributed by atoms with van der Waals surface area (Å²) in [5, 5.41) is 24.0. The molecule has 1 spiro atoms. The molecule has 9 nitrogen and oxygen atoms in total. The summed E-state index contributed by atoms with van der Waals surface area (Å²) in [7, 11) is 0. The Morgan fingerprint density at radius 2 is 1.98 bits per heavy atom. The zero-order chi connectivity index (χ0) is 29.2. The van der Waals surface area contributed by atoms with Crippen molar-refractivity contribution in [2.75, 3.05) is 5.32 Å². The summed E-state index contributed by atoms with van der Waals surface area (Å²) in [5.41, 5.74) is 1.87. The monoisotopic (exact) mass is 553 g/mol. The van der Waals surface area contributed by atoms with Crippen LogP contribution in [0, 0.1) is 11.8 Å². The lowest BCUT2D eigenvalue weighted by atomic mass is 9.82. The van der Waals surface area contributed by atoms with Crippen molar-refractivity contribution in [3.8, 4) is 11.5 Å². The molecule has 9 heteroatoms. The smallest absolute Gasteiger partial charge is 0.334 e. The largest absolute Gasteiger partial charge is 0.508 e. The van der Waals surface area contributed by atoms with E-state index in [2.05, 4.69) is 5.32 Å². The van der Waals surface area contributed by atoms with Gasteiger partial charge < -0.3 is 29.7 Å². The minimum absolute atomic E-state index is 0.00254. The highest BCUT2D eigenvalue weighted by atomic mass is 16.7. The fourth-order valence-corrected chi connectivity index (χ4v) is 5.32. The number of benzene rings is 1. The molecule has 40 heavy (non-hydrogen) atoms. The number of hydrogen-bond acceptors (Lipinski definition) is 8. The highest BCUT2D eigenvalue weighted by Gasteiger charge is 2.52. The molecule has 3 aliphatic heterocycles. The molecule has 0 aliphatic carbocycles. The van der Waals surface area contributed by atoms with Crippen molar-refractivity contribution in [1.29, 1.82) is 0 Å². The van der Waals surface area contributed by atoms with E-state index in [0.29, 0.717) is 24.2 Å². The Kier molecular flexibility index (Phi) is 8.85. The van der Waals surface area contributed by atoms with E-state index in [1.54, 1.807) is 26.0 Å². The number of esters is 1. The first-order chi connectivity index (χ1) is 18.9. The minimum Gasteiger partial charge on any atom is -0.508 e. The van der Waals surface area contributed by atoms with Crippen molar-refractivity contribution in [3.05, 3.63) is 53.1 Å². The first-order valence-electron chi connectivity index (χ1n) is 13.9. The second-order valence-electron chi connectivity index (χ2n) is 11.2. The first-order valence-corrected chi connectivity index (χ1v) is 13.9. The van der Waals surface area contributed by atoms with Crippen LogP contribution in [0.1, 0.15) is 78.4 Å². The number of nitrogens with one attached hydrogen (secondary N) is 1. The minimum atomic E-state index is -1.23. The lowest BCUT2D eigenvalue weighted by Crippen LogP contribution is -2.52. The molecule has 1 aromatic rings. The Labute approximate surface area is 234 Å². The molecule has 0 saturated carbocycles. The summed E-state index contributed by atoms with van der Waals surface area (Å²) in [6.45, 7) is 9.06. The average Bonchev–Trinajstić information content (AvgIpc) is 2.89. The van der Waals surface area contributed by atoms with E-state index in [0.717, 1.165) is 12.0 Å². The number of aliphatic hydroxyl groups is 1. The normalized spacial score (nSPS) is 31.9. The number of allylic oxidation sites excluding steroid dienone is 2. The van der Waals surface area contributed by atoms with Gasteiger partial charge in [0.25, 0.3) is 0 Å². The number of aliphatic hydroxyl groups excluding tert-OH is 1. The molecule has 1 fully saturated rings. The van der Waals surface area contributed by atoms with Crippen LogP contribution >= 0.6 is 0 Å². The van der Waals surface area contributed by atoms with Gasteiger partial charge in [-0.05, 0) is 51.7 Å². The van der Waals surface area contributed by atoms with Gasteiger partial charge in [-0.2, -0.15) is 0 Å². The first kappa shape index (κ1) is 29.6. The molecule has 3 heterocycles. The molecule has 1 aromatic carbocycles. The van der Waals surface area contributed by atoms with Crippen LogP contribution in [0.5, 0.6) is 11.5 Å². The van der Waals surface area contributed by atoms with Crippen LogP contribution in [0.15, 0.2) is 47.6 Å². The Hall–Kier alpha value is -3.43. The number of anilines is 1. The number of phenolic OH excluding ortho intramolecular Hbond substituents is 1. The molecule has 1 amide bonds. The van der Waals surface area contributed by atoms with Crippen molar-refractivity contribution in [3.63, 3.8) is 0 Å². The summed E-state index contributed by atoms with van der Waals surface area (Å²) in [6.07, 6.45) is 5.73. The van der Waals surface area contributed by atoms with E-state index in [-0.39, 0.29) is 41.6 Å². The van der Waals surface area contributed by atoms with E-state index in [4.69, 9.17) is 14.2 Å². The van der Waals surface area contributed by atoms with Crippen LogP contribution in [0.4, 0.5) is 5.69 Å². The Bertz CT molecular complexity index is 1260. The maximum atomic E-state index is 13.1. The molecule has 4 rings (SSSR count). The highest BCUT2D eigenvalue weighted by Crippen LogP contribution is 2.53. The lowest BCUT2D eigenvalue weighted by molar-refractivity contribution is -0.261. The molecule has 0 aromatic heterocycles. The van der Waals surface area contributed by atoms with Crippen LogP contribution in [-0.2, 0) is 23.9 Å². The zero-order valence-corrected chi connectivity index (χ0v) is 23.7. The summed E-state index contributed by atoms with van der Waals surface area (Å²) < 4.78 is 18.5. The SMILES string of the molecule is CC[C@H]1/C=C/[C@@H](C(O)C=C(C)C)OC(=O)/C(C)=C\CC(=O)Nc2cc(O)cc3c2O[C@@]2(CC1)CC(=O)[C@@H](C)[C@@H]3O2. The fourth-order valence-electron chi connectivity index (χ4n) is 5.32. The Morgan fingerprint density at radius 3 is 2.67 bits per heavy atom. The molecule has 216 valence electrons. The number of ketones is 1. The summed E-state index contributed by atoms with van der Waals surface area (Å²) in [6, 6.07) is 2.91. The number of aromatic hydroxyl groups is 1. The molecule has 1 unspecified atom stereocenters. The summed E-state index contributed by atoms with van der Waals surface area (Å²) in [5.74, 6) is -2.46. The van der Waals surface area contributed by atoms with Gasteiger partial charge in [0.1, 0.15) is 29.8 Å². The molecular formula is C31H39NO8. The third-order valence-corrected chi connectivity index (χ3v) is 7.71. The standard InChI is InChI=1S/C31H39NO8/c1-6-20-8-9-26(24(34)13-17(2)3)38-30(37)18(4)7-10-27(36)32-23-15-21(33)14-22-28-19(5)25(35)16-31(39-28,12-11-20)40-29(22)23/h7-9,13-15,19-20,24,26,28,33-34H,6,10-12,16H2,1-5H3,(H,32,36)/b9-8+,18-7-/t19-,20+,24?,26+,28+,31+/m1/s1. The predicted octanol–water partition coefficient (Wildman–Crippen LogP) is 5.04. The molecule has 0 radical (unpaired) electrons. The van der Waals surface area contributed by atoms with Crippen molar-refractivity contribution in [1.82, 2.24) is 0 Å². The number of rotatable bonds is 3. The highest BCUT2D eigenvalue weighted by molar-refractivity contribution is 5.96. The van der Waals surface area contributed by atoms with Gasteiger partial charge in [0.2, 0.25) is 11.7 Å². The molecule has 1 saturated heterocycles. The van der Waals surface area contributed by atoms with Gasteiger partial charge in [-0.15, -0.1) is 0 Å². The van der Waals surface area contributed by atoms with Crippen molar-refractivity contribution in [2.45, 2.75) is 90.8 Å². The number of phenols is 1. The van der Waals surface area contributed by atoms with Crippen LogP contribution < -0.4 is 10.1 Å². The average molecular weight is 554 g/mol. The van der Waals surface area contributed by atoms with Crippen LogP contribution in [0.25, 0.3) is 0 Å². The predicted molar refractivity (Wildman–Crippen MR) is 149 cm³/mol. The molecular weight excluding hydrogens is 514 g/mol. The fraction of sp³-hybridized carbons (Fsp3) is 0.516. The second-order valence-corrected chi connectivity index (χ2v) is 11.2. The van der Waals surface area contributed by atoms with Crippen molar-refractivity contribution in [2.24, 2.45) is 11.8 Å². The number of cyclic esters (lactones) is 1.